The van der Waals surface area contributed by atoms with E-state index in [1.807, 2.05) is 0 Å². The zero-order valence-electron chi connectivity index (χ0n) is 39.5. The van der Waals surface area contributed by atoms with Crippen LogP contribution in [0, 0.1) is 0 Å². The lowest BCUT2D eigenvalue weighted by atomic mass is 10.0. The molecule has 0 aliphatic heterocycles. The molecule has 0 saturated heterocycles. The monoisotopic (exact) mass is 817 g/mol. The van der Waals surface area contributed by atoms with Gasteiger partial charge in [0.1, 0.15) is 0 Å². The lowest BCUT2D eigenvalue weighted by molar-refractivity contribution is -0.144. The van der Waals surface area contributed by atoms with E-state index in [1.54, 1.807) is 0 Å². The molecule has 0 unspecified atom stereocenters. The van der Waals surface area contributed by atoms with Gasteiger partial charge in [0.25, 0.3) is 0 Å². The van der Waals surface area contributed by atoms with Crippen molar-refractivity contribution in [2.75, 3.05) is 6.61 Å². The van der Waals surface area contributed by atoms with Crippen molar-refractivity contribution in [1.82, 2.24) is 0 Å². The minimum Gasteiger partial charge on any atom is -0.481 e. The van der Waals surface area contributed by atoms with Crippen molar-refractivity contribution >= 4 is 11.9 Å². The minimum atomic E-state index is -0.650. The molecule has 0 amide bonds. The Morgan fingerprint density at radius 3 is 0.862 bits per heavy atom. The first-order chi connectivity index (χ1) is 28.7. The van der Waals surface area contributed by atoms with Gasteiger partial charge in [0, 0.05) is 12.8 Å². The number of allylic oxidation sites excluding steroid dienone is 2. The third-order valence-electron chi connectivity index (χ3n) is 12.4. The number of rotatable bonds is 51. The molecule has 0 atom stereocenters. The number of hydrogen-bond acceptors (Lipinski definition) is 3. The molecule has 0 fully saturated rings. The van der Waals surface area contributed by atoms with Gasteiger partial charge in [-0.1, -0.05) is 276 Å². The summed E-state index contributed by atoms with van der Waals surface area (Å²) in [5, 5.41) is 8.67. The molecule has 1 N–H and O–H groups in total. The normalized spacial score (nSPS) is 11.6. The van der Waals surface area contributed by atoms with Crippen LogP contribution in [0.1, 0.15) is 315 Å². The molecular formula is C54H104O4. The summed E-state index contributed by atoms with van der Waals surface area (Å²) in [5.41, 5.74) is 0. The van der Waals surface area contributed by atoms with Crippen LogP contribution in [-0.2, 0) is 14.3 Å². The van der Waals surface area contributed by atoms with E-state index in [9.17, 15) is 9.59 Å². The van der Waals surface area contributed by atoms with Gasteiger partial charge < -0.3 is 9.84 Å². The number of carbonyl (C=O) groups is 2. The molecule has 0 saturated carbocycles. The largest absolute Gasteiger partial charge is 0.481 e. The summed E-state index contributed by atoms with van der Waals surface area (Å²) in [6, 6.07) is 0. The summed E-state index contributed by atoms with van der Waals surface area (Å²) in [6.07, 6.45) is 67.5. The third-order valence-corrected chi connectivity index (χ3v) is 12.4. The number of carbonyl (C=O) groups excluding carboxylic acids is 1. The van der Waals surface area contributed by atoms with E-state index >= 15 is 0 Å². The van der Waals surface area contributed by atoms with Gasteiger partial charge in [-0.2, -0.15) is 0 Å². The van der Waals surface area contributed by atoms with Crippen molar-refractivity contribution in [3.05, 3.63) is 12.2 Å². The minimum absolute atomic E-state index is 0.0139. The molecule has 344 valence electrons. The summed E-state index contributed by atoms with van der Waals surface area (Å²) < 4.78 is 5.46. The van der Waals surface area contributed by atoms with Crippen LogP contribution < -0.4 is 0 Å². The first-order valence-corrected chi connectivity index (χ1v) is 26.7. The molecule has 0 spiro atoms. The highest BCUT2D eigenvalue weighted by atomic mass is 16.5. The summed E-state index contributed by atoms with van der Waals surface area (Å²) in [5.74, 6) is -0.636. The van der Waals surface area contributed by atoms with Crippen LogP contribution in [0.15, 0.2) is 12.2 Å². The van der Waals surface area contributed by atoms with E-state index in [0.29, 0.717) is 19.4 Å². The second kappa shape index (κ2) is 51.8. The summed E-state index contributed by atoms with van der Waals surface area (Å²) in [4.78, 5) is 22.5. The quantitative estimate of drug-likeness (QED) is 0.0377. The van der Waals surface area contributed by atoms with Crippen LogP contribution >= 0.6 is 0 Å². The van der Waals surface area contributed by atoms with Crippen molar-refractivity contribution < 1.29 is 19.4 Å². The Balaban J connectivity index is 3.12. The number of esters is 1. The maximum atomic E-state index is 12.0. The van der Waals surface area contributed by atoms with Crippen LogP contribution in [0.3, 0.4) is 0 Å². The Hall–Kier alpha value is -1.32. The van der Waals surface area contributed by atoms with Crippen molar-refractivity contribution in [2.24, 2.45) is 0 Å². The number of aliphatic carboxylic acids is 1. The predicted molar refractivity (Wildman–Crippen MR) is 255 cm³/mol. The second-order valence-corrected chi connectivity index (χ2v) is 18.4. The van der Waals surface area contributed by atoms with Crippen molar-refractivity contribution in [1.29, 1.82) is 0 Å². The third kappa shape index (κ3) is 52.7. The van der Waals surface area contributed by atoms with E-state index in [2.05, 4.69) is 19.1 Å². The van der Waals surface area contributed by atoms with Crippen LogP contribution in [0.5, 0.6) is 0 Å². The van der Waals surface area contributed by atoms with Crippen molar-refractivity contribution in [3.8, 4) is 0 Å². The van der Waals surface area contributed by atoms with Gasteiger partial charge in [-0.3, -0.25) is 9.59 Å². The average molecular weight is 817 g/mol. The van der Waals surface area contributed by atoms with E-state index in [-0.39, 0.29) is 5.97 Å². The van der Waals surface area contributed by atoms with Crippen LogP contribution in [0.25, 0.3) is 0 Å². The first-order valence-electron chi connectivity index (χ1n) is 26.7. The maximum absolute atomic E-state index is 12.0. The summed E-state index contributed by atoms with van der Waals surface area (Å²) in [6.45, 7) is 2.87. The number of carboxylic acids is 1. The van der Waals surface area contributed by atoms with Gasteiger partial charge in [-0.05, 0) is 38.5 Å². The fourth-order valence-electron chi connectivity index (χ4n) is 8.44. The van der Waals surface area contributed by atoms with Gasteiger partial charge in [0.15, 0.2) is 0 Å². The number of unbranched alkanes of at least 4 members (excludes halogenated alkanes) is 43. The zero-order valence-corrected chi connectivity index (χ0v) is 39.5. The molecule has 0 bridgehead atoms. The predicted octanol–water partition coefficient (Wildman–Crippen LogP) is 18.9. The molecule has 4 nitrogen and oxygen atoms in total. The molecule has 58 heavy (non-hydrogen) atoms. The standard InChI is InChI=1S/C54H104O4/c1-2-3-4-5-6-7-35-39-42-45-48-51-54(57)58-52-49-46-43-40-37-34-32-30-28-26-24-22-20-18-16-14-12-10-8-9-11-13-15-17-19-21-23-25-27-29-31-33-36-38-41-44-47-50-53(55)56/h5-6H,2-4,7-52H2,1H3,(H,55,56)/b6-5-. The Labute approximate surface area is 364 Å². The molecular weight excluding hydrogens is 713 g/mol. The molecule has 0 aromatic heterocycles. The highest BCUT2D eigenvalue weighted by Gasteiger charge is 2.03. The lowest BCUT2D eigenvalue weighted by Crippen LogP contribution is -2.05. The van der Waals surface area contributed by atoms with Gasteiger partial charge >= 0.3 is 11.9 Å². The Morgan fingerprint density at radius 1 is 0.328 bits per heavy atom. The molecule has 0 heterocycles. The summed E-state index contributed by atoms with van der Waals surface area (Å²) in [7, 11) is 0. The molecule has 0 radical (unpaired) electrons. The zero-order chi connectivity index (χ0) is 41.9. The van der Waals surface area contributed by atoms with Crippen LogP contribution in [0.2, 0.25) is 0 Å². The maximum Gasteiger partial charge on any atom is 0.305 e. The first kappa shape index (κ1) is 56.7. The molecule has 0 aromatic rings. The topological polar surface area (TPSA) is 63.6 Å². The lowest BCUT2D eigenvalue weighted by Gasteiger charge is -2.06. The SMILES string of the molecule is CCCC/C=C\CCCCCCCC(=O)OCCCCCCCCCCCCCCCCCCCCCCCCCCCCCCCCCCCCCCCC(=O)O. The number of hydrogen-bond donors (Lipinski definition) is 1. The number of carboxylic acid groups (broad SMARTS) is 1. The highest BCUT2D eigenvalue weighted by Crippen LogP contribution is 2.18. The van der Waals surface area contributed by atoms with Gasteiger partial charge in [-0.15, -0.1) is 0 Å². The van der Waals surface area contributed by atoms with E-state index in [0.717, 1.165) is 32.1 Å². The fourth-order valence-corrected chi connectivity index (χ4v) is 8.44. The van der Waals surface area contributed by atoms with Gasteiger partial charge in [-0.25, -0.2) is 0 Å². The van der Waals surface area contributed by atoms with Gasteiger partial charge in [0.05, 0.1) is 6.61 Å². The van der Waals surface area contributed by atoms with E-state index in [4.69, 9.17) is 9.84 Å². The van der Waals surface area contributed by atoms with Crippen molar-refractivity contribution in [2.45, 2.75) is 315 Å². The number of ether oxygens (including phenoxy) is 1. The highest BCUT2D eigenvalue weighted by molar-refractivity contribution is 5.69. The molecule has 0 aromatic carbocycles. The van der Waals surface area contributed by atoms with Gasteiger partial charge in [0.2, 0.25) is 0 Å². The molecule has 0 aliphatic carbocycles. The Kier molecular flexibility index (Phi) is 50.6. The summed E-state index contributed by atoms with van der Waals surface area (Å²) >= 11 is 0. The average Bonchev–Trinajstić information content (AvgIpc) is 3.22. The van der Waals surface area contributed by atoms with Crippen LogP contribution in [-0.4, -0.2) is 23.7 Å². The van der Waals surface area contributed by atoms with Crippen molar-refractivity contribution in [3.63, 3.8) is 0 Å². The van der Waals surface area contributed by atoms with Crippen LogP contribution in [0.4, 0.5) is 0 Å². The Bertz CT molecular complexity index is 822. The molecule has 0 aliphatic rings. The van der Waals surface area contributed by atoms with E-state index in [1.165, 1.54) is 263 Å². The Morgan fingerprint density at radius 2 is 0.569 bits per heavy atom. The van der Waals surface area contributed by atoms with E-state index < -0.39 is 5.97 Å². The molecule has 4 heteroatoms. The molecule has 0 rings (SSSR count). The fraction of sp³-hybridized carbons (Fsp3) is 0.926. The second-order valence-electron chi connectivity index (χ2n) is 18.4. The smallest absolute Gasteiger partial charge is 0.305 e.